The van der Waals surface area contributed by atoms with Gasteiger partial charge in [0.15, 0.2) is 5.11 Å². The number of para-hydroxylation sites is 1. The third-order valence-electron chi connectivity index (χ3n) is 3.63. The molecule has 0 radical (unpaired) electrons. The maximum Gasteiger partial charge on any atom is 0.170 e. The Kier molecular flexibility index (Phi) is 7.30. The molecule has 0 atom stereocenters. The van der Waals surface area contributed by atoms with Crippen molar-refractivity contribution >= 4 is 34.8 Å². The molecule has 1 aliphatic rings. The molecule has 116 valence electrons. The van der Waals surface area contributed by atoms with Crippen LogP contribution in [-0.4, -0.2) is 22.7 Å². The molecule has 0 bridgehead atoms. The number of nitrogens with one attached hydrogen (secondary N) is 2. The molecule has 1 aliphatic carbocycles. The summed E-state index contributed by atoms with van der Waals surface area (Å²) in [5, 5.41) is 7.38. The first-order valence-corrected chi connectivity index (χ1v) is 9.12. The average Bonchev–Trinajstić information content (AvgIpc) is 2.50. The predicted molar refractivity (Wildman–Crippen MR) is 94.6 cm³/mol. The Labute approximate surface area is 136 Å². The lowest BCUT2D eigenvalue weighted by Gasteiger charge is -2.20. The predicted octanol–water partition coefficient (Wildman–Crippen LogP) is 4.57. The normalized spacial score (nSPS) is 15.7. The molecule has 5 heteroatoms. The van der Waals surface area contributed by atoms with Gasteiger partial charge in [0.1, 0.15) is 5.82 Å². The van der Waals surface area contributed by atoms with Gasteiger partial charge >= 0.3 is 0 Å². The Balaban J connectivity index is 1.56. The first-order valence-electron chi connectivity index (χ1n) is 7.66. The molecule has 0 aromatic heterocycles. The number of benzene rings is 1. The van der Waals surface area contributed by atoms with Crippen molar-refractivity contribution in [2.75, 3.05) is 17.6 Å². The summed E-state index contributed by atoms with van der Waals surface area (Å²) in [6, 6.07) is 6.56. The van der Waals surface area contributed by atoms with Crippen molar-refractivity contribution in [1.82, 2.24) is 5.32 Å². The maximum absolute atomic E-state index is 13.4. The second kappa shape index (κ2) is 9.26. The van der Waals surface area contributed by atoms with E-state index >= 15 is 0 Å². The summed E-state index contributed by atoms with van der Waals surface area (Å²) in [6.45, 7) is 0.833. The van der Waals surface area contributed by atoms with Crippen LogP contribution < -0.4 is 10.6 Å². The molecule has 1 fully saturated rings. The largest absolute Gasteiger partial charge is 0.362 e. The van der Waals surface area contributed by atoms with Crippen molar-refractivity contribution in [2.45, 2.75) is 43.8 Å². The van der Waals surface area contributed by atoms with Crippen LogP contribution in [0.2, 0.25) is 0 Å². The van der Waals surface area contributed by atoms with Gasteiger partial charge in [0, 0.05) is 11.8 Å². The molecule has 21 heavy (non-hydrogen) atoms. The zero-order chi connectivity index (χ0) is 14.9. The van der Waals surface area contributed by atoms with Crippen LogP contribution >= 0.6 is 24.0 Å². The number of thiocarbonyl (C=S) groups is 1. The lowest BCUT2D eigenvalue weighted by Crippen LogP contribution is -2.29. The van der Waals surface area contributed by atoms with Gasteiger partial charge in [-0.25, -0.2) is 4.39 Å². The highest BCUT2D eigenvalue weighted by molar-refractivity contribution is 7.99. The summed E-state index contributed by atoms with van der Waals surface area (Å²) in [5.41, 5.74) is 0.423. The van der Waals surface area contributed by atoms with Gasteiger partial charge in [0.25, 0.3) is 0 Å². The zero-order valence-corrected chi connectivity index (χ0v) is 13.9. The van der Waals surface area contributed by atoms with Gasteiger partial charge < -0.3 is 10.6 Å². The quantitative estimate of drug-likeness (QED) is 0.591. The fourth-order valence-electron chi connectivity index (χ4n) is 2.48. The average molecular weight is 327 g/mol. The summed E-state index contributed by atoms with van der Waals surface area (Å²) in [7, 11) is 0. The van der Waals surface area contributed by atoms with Gasteiger partial charge in [-0.1, -0.05) is 31.4 Å². The molecule has 0 heterocycles. The molecular weight excluding hydrogens is 303 g/mol. The number of hydrogen-bond donors (Lipinski definition) is 2. The van der Waals surface area contributed by atoms with E-state index in [0.29, 0.717) is 10.8 Å². The van der Waals surface area contributed by atoms with Gasteiger partial charge in [0.05, 0.1) is 5.69 Å². The van der Waals surface area contributed by atoms with Gasteiger partial charge in [0.2, 0.25) is 0 Å². The molecule has 2 nitrogen and oxygen atoms in total. The molecule has 1 saturated carbocycles. The number of anilines is 1. The molecule has 2 N–H and O–H groups in total. The molecule has 2 rings (SSSR count). The fraction of sp³-hybridized carbons (Fsp3) is 0.562. The number of hydrogen-bond acceptors (Lipinski definition) is 2. The van der Waals surface area contributed by atoms with E-state index in [9.17, 15) is 4.39 Å². The second-order valence-electron chi connectivity index (χ2n) is 5.35. The minimum Gasteiger partial charge on any atom is -0.362 e. The first kappa shape index (κ1) is 16.6. The van der Waals surface area contributed by atoms with Crippen molar-refractivity contribution in [3.63, 3.8) is 0 Å². The fourth-order valence-corrected chi connectivity index (χ4v) is 4.01. The Morgan fingerprint density at radius 1 is 1.24 bits per heavy atom. The van der Waals surface area contributed by atoms with E-state index in [1.165, 1.54) is 43.9 Å². The minimum absolute atomic E-state index is 0.283. The molecular formula is C16H23FN2S2. The van der Waals surface area contributed by atoms with Crippen LogP contribution in [0.25, 0.3) is 0 Å². The zero-order valence-electron chi connectivity index (χ0n) is 12.2. The van der Waals surface area contributed by atoms with Crippen molar-refractivity contribution in [2.24, 2.45) is 0 Å². The molecule has 0 aliphatic heterocycles. The van der Waals surface area contributed by atoms with E-state index in [4.69, 9.17) is 12.2 Å². The van der Waals surface area contributed by atoms with Gasteiger partial charge in [-0.3, -0.25) is 0 Å². The molecule has 0 amide bonds. The van der Waals surface area contributed by atoms with Crippen LogP contribution in [0.1, 0.15) is 38.5 Å². The molecule has 0 saturated heterocycles. The smallest absolute Gasteiger partial charge is 0.170 e. The third kappa shape index (κ3) is 6.22. The summed E-state index contributed by atoms with van der Waals surface area (Å²) < 4.78 is 13.4. The van der Waals surface area contributed by atoms with Gasteiger partial charge in [-0.15, -0.1) is 0 Å². The van der Waals surface area contributed by atoms with E-state index in [1.54, 1.807) is 18.2 Å². The van der Waals surface area contributed by atoms with E-state index in [2.05, 4.69) is 22.4 Å². The van der Waals surface area contributed by atoms with Crippen molar-refractivity contribution in [3.8, 4) is 0 Å². The summed E-state index contributed by atoms with van der Waals surface area (Å²) in [6.07, 6.45) is 8.05. The highest BCUT2D eigenvalue weighted by atomic mass is 32.2. The van der Waals surface area contributed by atoms with Crippen LogP contribution in [0.15, 0.2) is 24.3 Å². The minimum atomic E-state index is -0.283. The van der Waals surface area contributed by atoms with E-state index in [-0.39, 0.29) is 5.82 Å². The Bertz CT molecular complexity index is 448. The van der Waals surface area contributed by atoms with Gasteiger partial charge in [-0.2, -0.15) is 11.8 Å². The monoisotopic (exact) mass is 326 g/mol. The lowest BCUT2D eigenvalue weighted by atomic mass is 10.0. The first-order chi connectivity index (χ1) is 10.3. The number of halogens is 1. The molecule has 1 aromatic carbocycles. The van der Waals surface area contributed by atoms with Crippen molar-refractivity contribution in [3.05, 3.63) is 30.1 Å². The van der Waals surface area contributed by atoms with Crippen LogP contribution in [-0.2, 0) is 0 Å². The highest BCUT2D eigenvalue weighted by Gasteiger charge is 2.12. The standard InChI is InChI=1S/C16H23FN2S2/c17-14-9-4-5-10-15(14)19-16(20)18-11-6-12-21-13-7-2-1-3-8-13/h4-5,9-10,13H,1-3,6-8,11-12H2,(H2,18,19,20). The van der Waals surface area contributed by atoms with Crippen LogP contribution in [0.5, 0.6) is 0 Å². The topological polar surface area (TPSA) is 24.1 Å². The van der Waals surface area contributed by atoms with E-state index < -0.39 is 0 Å². The molecule has 0 spiro atoms. The van der Waals surface area contributed by atoms with E-state index in [0.717, 1.165) is 18.2 Å². The molecule has 1 aromatic rings. The summed E-state index contributed by atoms with van der Waals surface area (Å²) in [4.78, 5) is 0. The van der Waals surface area contributed by atoms with Crippen LogP contribution in [0, 0.1) is 5.82 Å². The van der Waals surface area contributed by atoms with Crippen LogP contribution in [0.3, 0.4) is 0 Å². The summed E-state index contributed by atoms with van der Waals surface area (Å²) >= 11 is 7.27. The van der Waals surface area contributed by atoms with Crippen molar-refractivity contribution in [1.29, 1.82) is 0 Å². The van der Waals surface area contributed by atoms with Crippen LogP contribution in [0.4, 0.5) is 10.1 Å². The molecule has 0 unspecified atom stereocenters. The van der Waals surface area contributed by atoms with Crippen molar-refractivity contribution < 1.29 is 4.39 Å². The van der Waals surface area contributed by atoms with Gasteiger partial charge in [-0.05, 0) is 49.4 Å². The second-order valence-corrected chi connectivity index (χ2v) is 7.16. The Morgan fingerprint density at radius 2 is 2.00 bits per heavy atom. The third-order valence-corrected chi connectivity index (χ3v) is 5.35. The van der Waals surface area contributed by atoms with E-state index in [1.807, 2.05) is 0 Å². The SMILES string of the molecule is Fc1ccccc1NC(=S)NCCCSC1CCCCC1. The highest BCUT2D eigenvalue weighted by Crippen LogP contribution is 2.28. The Morgan fingerprint density at radius 3 is 2.76 bits per heavy atom. The Hall–Kier alpha value is -0.810. The number of thioether (sulfide) groups is 1. The summed E-state index contributed by atoms with van der Waals surface area (Å²) in [5.74, 6) is 0.884. The lowest BCUT2D eigenvalue weighted by molar-refractivity contribution is 0.516. The maximum atomic E-state index is 13.4. The number of rotatable bonds is 6.